The number of hydrogen-bond donors (Lipinski definition) is 1. The summed E-state index contributed by atoms with van der Waals surface area (Å²) in [5.41, 5.74) is 1.14. The van der Waals surface area contributed by atoms with Crippen LogP contribution in [0, 0.1) is 5.92 Å². The zero-order valence-corrected chi connectivity index (χ0v) is 19.4. The Hall–Kier alpha value is -1.67. The number of piperidine rings is 1. The van der Waals surface area contributed by atoms with Crippen LogP contribution in [-0.4, -0.2) is 99.0 Å². The summed E-state index contributed by atoms with van der Waals surface area (Å²) in [5, 5.41) is 3.08. The number of ether oxygens (including phenoxy) is 2. The molecular formula is C25H40N4O3. The first-order chi connectivity index (χ1) is 15.8. The lowest BCUT2D eigenvalue weighted by Crippen LogP contribution is -2.49. The molecule has 178 valence electrons. The van der Waals surface area contributed by atoms with E-state index in [1.807, 2.05) is 35.2 Å². The first kappa shape index (κ1) is 23.5. The minimum Gasteiger partial charge on any atom is -0.381 e. The Morgan fingerprint density at radius 3 is 2.34 bits per heavy atom. The molecule has 0 radical (unpaired) electrons. The minimum atomic E-state index is 0.0703. The van der Waals surface area contributed by atoms with Gasteiger partial charge in [-0.1, -0.05) is 30.3 Å². The number of likely N-dealkylation sites (tertiary alicyclic amines) is 1. The van der Waals surface area contributed by atoms with Crippen LogP contribution in [0.5, 0.6) is 0 Å². The van der Waals surface area contributed by atoms with Crippen molar-refractivity contribution >= 4 is 6.03 Å². The number of morpholine rings is 1. The van der Waals surface area contributed by atoms with E-state index < -0.39 is 0 Å². The number of rotatable bonds is 8. The first-order valence-electron chi connectivity index (χ1n) is 12.5. The van der Waals surface area contributed by atoms with E-state index in [1.165, 1.54) is 0 Å². The van der Waals surface area contributed by atoms with Gasteiger partial charge < -0.3 is 19.7 Å². The highest BCUT2D eigenvalue weighted by Crippen LogP contribution is 2.22. The van der Waals surface area contributed by atoms with Crippen molar-refractivity contribution in [2.75, 3.05) is 72.2 Å². The molecule has 0 aromatic heterocycles. The molecule has 4 rings (SSSR count). The summed E-state index contributed by atoms with van der Waals surface area (Å²) >= 11 is 0. The Kier molecular flexibility index (Phi) is 9.20. The van der Waals surface area contributed by atoms with E-state index in [0.29, 0.717) is 18.5 Å². The summed E-state index contributed by atoms with van der Waals surface area (Å²) < 4.78 is 11.1. The lowest BCUT2D eigenvalue weighted by atomic mass is 9.94. The Labute approximate surface area is 193 Å². The van der Waals surface area contributed by atoms with E-state index in [1.54, 1.807) is 0 Å². The van der Waals surface area contributed by atoms with Crippen LogP contribution in [0.2, 0.25) is 0 Å². The topological polar surface area (TPSA) is 57.3 Å². The van der Waals surface area contributed by atoms with E-state index in [4.69, 9.17) is 9.47 Å². The average molecular weight is 445 g/mol. The SMILES string of the molecule is O=C(NCc1ccccc1)N1CCC(CN(CCN2CCOCC2)C2CCOCC2)CC1. The van der Waals surface area contributed by atoms with Crippen molar-refractivity contribution in [3.05, 3.63) is 35.9 Å². The number of nitrogens with zero attached hydrogens (tertiary/aromatic N) is 3. The summed E-state index contributed by atoms with van der Waals surface area (Å²) in [5.74, 6) is 0.667. The van der Waals surface area contributed by atoms with Crippen molar-refractivity contribution in [3.8, 4) is 0 Å². The third kappa shape index (κ3) is 7.17. The van der Waals surface area contributed by atoms with E-state index in [2.05, 4.69) is 15.1 Å². The second-order valence-electron chi connectivity index (χ2n) is 9.37. The normalized spacial score (nSPS) is 21.7. The van der Waals surface area contributed by atoms with Crippen LogP contribution in [0.1, 0.15) is 31.2 Å². The summed E-state index contributed by atoms with van der Waals surface area (Å²) in [6, 6.07) is 10.8. The van der Waals surface area contributed by atoms with Gasteiger partial charge >= 0.3 is 6.03 Å². The Morgan fingerprint density at radius 1 is 0.938 bits per heavy atom. The van der Waals surface area contributed by atoms with E-state index in [0.717, 1.165) is 103 Å². The van der Waals surface area contributed by atoms with Crippen molar-refractivity contribution in [2.24, 2.45) is 5.92 Å². The van der Waals surface area contributed by atoms with Crippen molar-refractivity contribution in [1.82, 2.24) is 20.0 Å². The van der Waals surface area contributed by atoms with Gasteiger partial charge in [-0.05, 0) is 37.2 Å². The summed E-state index contributed by atoms with van der Waals surface area (Å²) in [7, 11) is 0. The standard InChI is InChI=1S/C25H40N4O3/c30-25(26-20-22-4-2-1-3-5-22)28-10-6-23(7-11-28)21-29(24-8-16-31-17-9-24)13-12-27-14-18-32-19-15-27/h1-5,23-24H,6-21H2,(H,26,30). The molecule has 0 atom stereocenters. The number of benzene rings is 1. The minimum absolute atomic E-state index is 0.0703. The quantitative estimate of drug-likeness (QED) is 0.667. The van der Waals surface area contributed by atoms with Gasteiger partial charge in [0.2, 0.25) is 0 Å². The van der Waals surface area contributed by atoms with Crippen molar-refractivity contribution in [1.29, 1.82) is 0 Å². The number of urea groups is 1. The smallest absolute Gasteiger partial charge is 0.317 e. The molecule has 1 aromatic carbocycles. The van der Waals surface area contributed by atoms with Gasteiger partial charge in [0, 0.05) is 71.6 Å². The molecule has 7 nitrogen and oxygen atoms in total. The third-order valence-electron chi connectivity index (χ3n) is 7.20. The van der Waals surface area contributed by atoms with Gasteiger partial charge in [0.05, 0.1) is 13.2 Å². The molecule has 0 unspecified atom stereocenters. The lowest BCUT2D eigenvalue weighted by molar-refractivity contribution is 0.00687. The zero-order chi connectivity index (χ0) is 22.0. The fourth-order valence-electron chi connectivity index (χ4n) is 5.10. The Balaban J connectivity index is 1.22. The van der Waals surface area contributed by atoms with Gasteiger partial charge in [0.15, 0.2) is 0 Å². The maximum atomic E-state index is 12.6. The highest BCUT2D eigenvalue weighted by molar-refractivity contribution is 5.74. The monoisotopic (exact) mass is 444 g/mol. The second kappa shape index (κ2) is 12.5. The van der Waals surface area contributed by atoms with E-state index in [9.17, 15) is 4.79 Å². The maximum Gasteiger partial charge on any atom is 0.317 e. The average Bonchev–Trinajstić information content (AvgIpc) is 2.87. The molecule has 0 bridgehead atoms. The largest absolute Gasteiger partial charge is 0.381 e. The van der Waals surface area contributed by atoms with Gasteiger partial charge in [-0.15, -0.1) is 0 Å². The number of hydrogen-bond acceptors (Lipinski definition) is 5. The van der Waals surface area contributed by atoms with Gasteiger partial charge in [-0.2, -0.15) is 0 Å². The number of carbonyl (C=O) groups is 1. The van der Waals surface area contributed by atoms with Crippen LogP contribution in [0.15, 0.2) is 30.3 Å². The molecule has 3 fully saturated rings. The predicted molar refractivity (Wildman–Crippen MR) is 126 cm³/mol. The summed E-state index contributed by atoms with van der Waals surface area (Å²) in [4.78, 5) is 19.9. The second-order valence-corrected chi connectivity index (χ2v) is 9.37. The third-order valence-corrected chi connectivity index (χ3v) is 7.20. The van der Waals surface area contributed by atoms with Gasteiger partial charge in [0.1, 0.15) is 0 Å². The van der Waals surface area contributed by atoms with E-state index in [-0.39, 0.29) is 6.03 Å². The van der Waals surface area contributed by atoms with Gasteiger partial charge in [0.25, 0.3) is 0 Å². The lowest BCUT2D eigenvalue weighted by Gasteiger charge is -2.40. The fourth-order valence-corrected chi connectivity index (χ4v) is 5.10. The Bertz CT molecular complexity index is 669. The molecule has 32 heavy (non-hydrogen) atoms. The maximum absolute atomic E-state index is 12.6. The van der Waals surface area contributed by atoms with Crippen LogP contribution in [0.4, 0.5) is 4.79 Å². The zero-order valence-electron chi connectivity index (χ0n) is 19.4. The van der Waals surface area contributed by atoms with Crippen LogP contribution in [-0.2, 0) is 16.0 Å². The molecule has 2 amide bonds. The van der Waals surface area contributed by atoms with Gasteiger partial charge in [-0.25, -0.2) is 4.79 Å². The predicted octanol–water partition coefficient (Wildman–Crippen LogP) is 2.42. The highest BCUT2D eigenvalue weighted by Gasteiger charge is 2.28. The molecule has 3 heterocycles. The molecule has 1 N–H and O–H groups in total. The number of carbonyl (C=O) groups excluding carboxylic acids is 1. The molecule has 1 aromatic rings. The first-order valence-corrected chi connectivity index (χ1v) is 12.5. The molecule has 3 aliphatic heterocycles. The highest BCUT2D eigenvalue weighted by atomic mass is 16.5. The number of amides is 2. The van der Waals surface area contributed by atoms with Crippen molar-refractivity contribution < 1.29 is 14.3 Å². The Morgan fingerprint density at radius 2 is 1.62 bits per heavy atom. The number of nitrogens with one attached hydrogen (secondary N) is 1. The van der Waals surface area contributed by atoms with E-state index >= 15 is 0 Å². The van der Waals surface area contributed by atoms with Crippen LogP contribution in [0.25, 0.3) is 0 Å². The molecular weight excluding hydrogens is 404 g/mol. The molecule has 0 aliphatic carbocycles. The molecule has 3 aliphatic rings. The fraction of sp³-hybridized carbons (Fsp3) is 0.720. The van der Waals surface area contributed by atoms with Crippen LogP contribution in [0.3, 0.4) is 0 Å². The molecule has 3 saturated heterocycles. The van der Waals surface area contributed by atoms with Crippen molar-refractivity contribution in [3.63, 3.8) is 0 Å². The van der Waals surface area contributed by atoms with Crippen LogP contribution < -0.4 is 5.32 Å². The molecule has 0 spiro atoms. The van der Waals surface area contributed by atoms with Crippen LogP contribution >= 0.6 is 0 Å². The molecule has 7 heteroatoms. The molecule has 0 saturated carbocycles. The van der Waals surface area contributed by atoms with Crippen molar-refractivity contribution in [2.45, 2.75) is 38.3 Å². The van der Waals surface area contributed by atoms with Gasteiger partial charge in [-0.3, -0.25) is 9.80 Å². The summed E-state index contributed by atoms with van der Waals surface area (Å²) in [6.07, 6.45) is 4.47. The summed E-state index contributed by atoms with van der Waals surface area (Å²) in [6.45, 7) is 11.3.